The lowest BCUT2D eigenvalue weighted by Crippen LogP contribution is -2.45. The summed E-state index contributed by atoms with van der Waals surface area (Å²) in [6.45, 7) is 4.78. The molecule has 0 aliphatic heterocycles. The average molecular weight is 245 g/mol. The van der Waals surface area contributed by atoms with Crippen LogP contribution in [0.15, 0.2) is 18.5 Å². The Morgan fingerprint density at radius 1 is 1.56 bits per heavy atom. The van der Waals surface area contributed by atoms with E-state index in [0.29, 0.717) is 12.5 Å². The van der Waals surface area contributed by atoms with Crippen LogP contribution in [0.3, 0.4) is 0 Å². The maximum Gasteiger partial charge on any atom is 0.152 e. The molecular weight excluding hydrogens is 226 g/mol. The highest BCUT2D eigenvalue weighted by atomic mass is 15.2. The number of aromatic nitrogens is 3. The van der Waals surface area contributed by atoms with E-state index in [1.54, 1.807) is 6.20 Å². The zero-order chi connectivity index (χ0) is 12.8. The van der Waals surface area contributed by atoms with Crippen molar-refractivity contribution < 1.29 is 0 Å². The normalized spacial score (nSPS) is 18.8. The highest BCUT2D eigenvalue weighted by Crippen LogP contribution is 2.41. The fourth-order valence-electron chi connectivity index (χ4n) is 2.45. The maximum atomic E-state index is 5.93. The third-order valence-corrected chi connectivity index (χ3v) is 3.82. The number of fused-ring (bicyclic) bond motifs is 1. The number of nitrogens with one attached hydrogen (secondary N) is 1. The summed E-state index contributed by atoms with van der Waals surface area (Å²) in [7, 11) is 0. The van der Waals surface area contributed by atoms with Crippen molar-refractivity contribution in [1.29, 1.82) is 0 Å². The number of anilines is 1. The second kappa shape index (κ2) is 3.95. The number of rotatable bonds is 4. The first-order valence-electron chi connectivity index (χ1n) is 6.41. The zero-order valence-electron chi connectivity index (χ0n) is 10.8. The summed E-state index contributed by atoms with van der Waals surface area (Å²) in [5, 5.41) is 7.92. The summed E-state index contributed by atoms with van der Waals surface area (Å²) in [6, 6.07) is 2.04. The van der Waals surface area contributed by atoms with Crippen molar-refractivity contribution in [2.24, 2.45) is 11.7 Å². The molecule has 0 saturated heterocycles. The SMILES string of the molecule is Cc1cc2c(NC(C)(CN)C3CC3)nccn2n1. The monoisotopic (exact) mass is 245 g/mol. The van der Waals surface area contributed by atoms with Gasteiger partial charge in [0.05, 0.1) is 11.2 Å². The summed E-state index contributed by atoms with van der Waals surface area (Å²) in [4.78, 5) is 4.44. The van der Waals surface area contributed by atoms with Gasteiger partial charge in [-0.3, -0.25) is 0 Å². The largest absolute Gasteiger partial charge is 0.362 e. The summed E-state index contributed by atoms with van der Waals surface area (Å²) in [5.41, 5.74) is 7.87. The van der Waals surface area contributed by atoms with Crippen LogP contribution in [0.1, 0.15) is 25.5 Å². The van der Waals surface area contributed by atoms with Gasteiger partial charge in [-0.05, 0) is 38.7 Å². The molecule has 2 aromatic rings. The van der Waals surface area contributed by atoms with E-state index in [2.05, 4.69) is 22.3 Å². The number of aryl methyl sites for hydroxylation is 1. The highest BCUT2D eigenvalue weighted by Gasteiger charge is 2.41. The van der Waals surface area contributed by atoms with Crippen molar-refractivity contribution in [1.82, 2.24) is 14.6 Å². The Hall–Kier alpha value is -1.62. The molecule has 5 nitrogen and oxygen atoms in total. The molecule has 3 N–H and O–H groups in total. The minimum Gasteiger partial charge on any atom is -0.362 e. The first-order chi connectivity index (χ1) is 8.62. The second-order valence-electron chi connectivity index (χ2n) is 5.41. The molecule has 18 heavy (non-hydrogen) atoms. The molecular formula is C13H19N5. The Morgan fingerprint density at radius 2 is 2.33 bits per heavy atom. The van der Waals surface area contributed by atoms with Crippen molar-refractivity contribution in [3.63, 3.8) is 0 Å². The Morgan fingerprint density at radius 3 is 3.00 bits per heavy atom. The lowest BCUT2D eigenvalue weighted by molar-refractivity contribution is 0.458. The molecule has 0 amide bonds. The molecule has 3 rings (SSSR count). The Kier molecular flexibility index (Phi) is 2.52. The molecule has 96 valence electrons. The van der Waals surface area contributed by atoms with Gasteiger partial charge in [0.2, 0.25) is 0 Å². The van der Waals surface area contributed by atoms with Crippen LogP contribution in [-0.2, 0) is 0 Å². The van der Waals surface area contributed by atoms with Crippen LogP contribution >= 0.6 is 0 Å². The van der Waals surface area contributed by atoms with Gasteiger partial charge in [-0.1, -0.05) is 0 Å². The smallest absolute Gasteiger partial charge is 0.152 e. The standard InChI is InChI=1S/C13H19N5/c1-9-7-11-12(15-5-6-18(11)17-9)16-13(2,8-14)10-3-4-10/h5-7,10H,3-4,8,14H2,1-2H3,(H,15,16). The van der Waals surface area contributed by atoms with Gasteiger partial charge < -0.3 is 11.1 Å². The van der Waals surface area contributed by atoms with Gasteiger partial charge >= 0.3 is 0 Å². The van der Waals surface area contributed by atoms with E-state index in [9.17, 15) is 0 Å². The van der Waals surface area contributed by atoms with Crippen LogP contribution in [-0.4, -0.2) is 26.7 Å². The van der Waals surface area contributed by atoms with Gasteiger partial charge in [-0.15, -0.1) is 0 Å². The van der Waals surface area contributed by atoms with Crippen molar-refractivity contribution in [3.8, 4) is 0 Å². The van der Waals surface area contributed by atoms with Crippen LogP contribution in [0.2, 0.25) is 0 Å². The summed E-state index contributed by atoms with van der Waals surface area (Å²) < 4.78 is 1.86. The van der Waals surface area contributed by atoms with E-state index < -0.39 is 0 Å². The third kappa shape index (κ3) is 1.84. The van der Waals surface area contributed by atoms with Gasteiger partial charge in [0.15, 0.2) is 5.82 Å². The van der Waals surface area contributed by atoms with Crippen molar-refractivity contribution in [2.75, 3.05) is 11.9 Å². The average Bonchev–Trinajstić information content (AvgIpc) is 3.12. The zero-order valence-corrected chi connectivity index (χ0v) is 10.8. The van der Waals surface area contributed by atoms with E-state index >= 15 is 0 Å². The predicted molar refractivity (Wildman–Crippen MR) is 71.5 cm³/mol. The molecule has 1 atom stereocenters. The van der Waals surface area contributed by atoms with E-state index in [4.69, 9.17) is 5.73 Å². The Balaban J connectivity index is 1.98. The molecule has 1 fully saturated rings. The van der Waals surface area contributed by atoms with Crippen LogP contribution in [0.5, 0.6) is 0 Å². The lowest BCUT2D eigenvalue weighted by Gasteiger charge is -2.30. The minimum atomic E-state index is -0.0625. The molecule has 2 aromatic heterocycles. The van der Waals surface area contributed by atoms with Gasteiger partial charge in [0, 0.05) is 18.9 Å². The molecule has 0 bridgehead atoms. The minimum absolute atomic E-state index is 0.0625. The van der Waals surface area contributed by atoms with E-state index in [-0.39, 0.29) is 5.54 Å². The molecule has 5 heteroatoms. The number of nitrogens with two attached hydrogens (primary N) is 1. The number of hydrogen-bond donors (Lipinski definition) is 2. The molecule has 2 heterocycles. The Labute approximate surface area is 106 Å². The first kappa shape index (κ1) is 11.5. The Bertz CT molecular complexity index is 572. The molecule has 1 unspecified atom stereocenters. The first-order valence-corrected chi connectivity index (χ1v) is 6.41. The molecule has 0 aromatic carbocycles. The molecule has 1 aliphatic rings. The number of nitrogens with zero attached hydrogens (tertiary/aromatic N) is 3. The van der Waals surface area contributed by atoms with Crippen molar-refractivity contribution in [2.45, 2.75) is 32.2 Å². The van der Waals surface area contributed by atoms with Gasteiger partial charge in [-0.25, -0.2) is 9.50 Å². The topological polar surface area (TPSA) is 68.2 Å². The van der Waals surface area contributed by atoms with Gasteiger partial charge in [0.1, 0.15) is 5.52 Å². The molecule has 0 spiro atoms. The van der Waals surface area contributed by atoms with Crippen LogP contribution < -0.4 is 11.1 Å². The summed E-state index contributed by atoms with van der Waals surface area (Å²) in [5.74, 6) is 1.53. The predicted octanol–water partition coefficient (Wildman–Crippen LogP) is 1.58. The van der Waals surface area contributed by atoms with Crippen LogP contribution in [0, 0.1) is 12.8 Å². The highest BCUT2D eigenvalue weighted by molar-refractivity contribution is 5.68. The lowest BCUT2D eigenvalue weighted by atomic mass is 9.96. The van der Waals surface area contributed by atoms with Gasteiger partial charge in [-0.2, -0.15) is 5.10 Å². The fourth-order valence-corrected chi connectivity index (χ4v) is 2.45. The van der Waals surface area contributed by atoms with Gasteiger partial charge in [0.25, 0.3) is 0 Å². The van der Waals surface area contributed by atoms with E-state index in [1.807, 2.05) is 23.7 Å². The van der Waals surface area contributed by atoms with Crippen molar-refractivity contribution in [3.05, 3.63) is 24.2 Å². The van der Waals surface area contributed by atoms with Crippen LogP contribution in [0.4, 0.5) is 5.82 Å². The second-order valence-corrected chi connectivity index (χ2v) is 5.41. The summed E-state index contributed by atoms with van der Waals surface area (Å²) in [6.07, 6.45) is 6.14. The molecule has 1 aliphatic carbocycles. The van der Waals surface area contributed by atoms with E-state index in [0.717, 1.165) is 17.0 Å². The third-order valence-electron chi connectivity index (χ3n) is 3.82. The van der Waals surface area contributed by atoms with Crippen LogP contribution in [0.25, 0.3) is 5.52 Å². The van der Waals surface area contributed by atoms with E-state index in [1.165, 1.54) is 12.8 Å². The molecule has 0 radical (unpaired) electrons. The fraction of sp³-hybridized carbons (Fsp3) is 0.538. The summed E-state index contributed by atoms with van der Waals surface area (Å²) >= 11 is 0. The maximum absolute atomic E-state index is 5.93. The quantitative estimate of drug-likeness (QED) is 0.858. The van der Waals surface area contributed by atoms with Crippen molar-refractivity contribution >= 4 is 11.3 Å². The molecule has 1 saturated carbocycles. The number of hydrogen-bond acceptors (Lipinski definition) is 4.